The topological polar surface area (TPSA) is 133 Å². The lowest BCUT2D eigenvalue weighted by Gasteiger charge is -2.30. The fraction of sp³-hybridized carbons (Fsp3) is 0. The maximum absolute atomic E-state index is 13.8. The second-order valence-electron chi connectivity index (χ2n) is 6.39. The summed E-state index contributed by atoms with van der Waals surface area (Å²) in [4.78, 5) is 0. The summed E-state index contributed by atoms with van der Waals surface area (Å²) in [6.07, 6.45) is 0. The first kappa shape index (κ1) is 29.5. The van der Waals surface area contributed by atoms with E-state index in [1.54, 1.807) is 54.6 Å². The first-order valence-corrected chi connectivity index (χ1v) is 15.3. The smallest absolute Gasteiger partial charge is 0.222 e. The summed E-state index contributed by atoms with van der Waals surface area (Å²) in [7, 11) is -4.69. The van der Waals surface area contributed by atoms with Gasteiger partial charge < -0.3 is 0 Å². The number of rotatable bonds is 9. The van der Waals surface area contributed by atoms with Crippen molar-refractivity contribution < 1.29 is 18.4 Å². The zero-order valence-electron chi connectivity index (χ0n) is 17.1. The molecule has 0 atom stereocenters. The number of benzene rings is 3. The number of anilines is 3. The molecular weight excluding hydrogens is 875 g/mol. The highest BCUT2D eigenvalue weighted by atomic mass is 79.9. The molecule has 0 spiro atoms. The van der Waals surface area contributed by atoms with Crippen molar-refractivity contribution in [3.63, 3.8) is 0 Å². The molecule has 0 unspecified atom stereocenters. The predicted molar refractivity (Wildman–Crippen MR) is 156 cm³/mol. The molecule has 0 aliphatic carbocycles. The summed E-state index contributed by atoms with van der Waals surface area (Å²) < 4.78 is 33.8. The number of phosphoric acid groups is 1. The first-order chi connectivity index (χ1) is 16.4. The molecule has 0 aliphatic heterocycles. The van der Waals surface area contributed by atoms with Crippen molar-refractivity contribution in [1.29, 1.82) is 0 Å². The van der Waals surface area contributed by atoms with Crippen LogP contribution < -0.4 is 33.0 Å². The molecule has 0 bridgehead atoms. The summed E-state index contributed by atoms with van der Waals surface area (Å²) >= 11 is 20.3. The lowest BCUT2D eigenvalue weighted by atomic mass is 10.3. The normalized spacial score (nSPS) is 11.5. The van der Waals surface area contributed by atoms with Crippen LogP contribution in [-0.4, -0.2) is 0 Å². The number of nitrogens with zero attached hydrogens (tertiary/aromatic N) is 3. The maximum Gasteiger partial charge on any atom is 0.543 e. The van der Waals surface area contributed by atoms with Gasteiger partial charge >= 0.3 is 7.82 Å². The Hall–Kier alpha value is -0.0700. The van der Waals surface area contributed by atoms with Gasteiger partial charge in [-0.25, -0.2) is 22.1 Å². The molecule has 0 heterocycles. The Labute approximate surface area is 251 Å². The highest BCUT2D eigenvalue weighted by molar-refractivity contribution is 9.13. The van der Waals surface area contributed by atoms with E-state index in [0.717, 1.165) is 0 Å². The zero-order valence-corrected chi connectivity index (χ0v) is 27.5. The lowest BCUT2D eigenvalue weighted by molar-refractivity contribution is 0.0857. The van der Waals surface area contributed by atoms with Gasteiger partial charge in [-0.1, -0.05) is 18.2 Å². The van der Waals surface area contributed by atoms with Gasteiger partial charge in [-0.15, -0.1) is 13.9 Å². The van der Waals surface area contributed by atoms with Crippen LogP contribution in [0.25, 0.3) is 0 Å². The molecule has 0 aromatic heterocycles. The van der Waals surface area contributed by atoms with E-state index in [4.69, 9.17) is 31.4 Å². The molecule has 0 aliphatic rings. The molecule has 6 N–H and O–H groups in total. The van der Waals surface area contributed by atoms with Crippen LogP contribution in [0.1, 0.15) is 0 Å². The molecule has 10 nitrogen and oxygen atoms in total. The summed E-state index contributed by atoms with van der Waals surface area (Å²) in [5, 5.41) is 2.13. The van der Waals surface area contributed by atoms with Crippen LogP contribution in [0.15, 0.2) is 81.4 Å². The Morgan fingerprint density at radius 1 is 0.543 bits per heavy atom. The third kappa shape index (κ3) is 7.28. The quantitative estimate of drug-likeness (QED) is 0.112. The molecule has 0 fully saturated rings. The lowest BCUT2D eigenvalue weighted by Crippen LogP contribution is -2.38. The van der Waals surface area contributed by atoms with Crippen LogP contribution in [0.3, 0.4) is 0 Å². The molecule has 0 saturated heterocycles. The molecule has 0 saturated carbocycles. The Morgan fingerprint density at radius 2 is 0.800 bits per heavy atom. The van der Waals surface area contributed by atoms with Crippen LogP contribution in [0.5, 0.6) is 0 Å². The van der Waals surface area contributed by atoms with Crippen LogP contribution in [-0.2, 0) is 18.4 Å². The number of halogens is 6. The molecule has 3 aromatic rings. The highest BCUT2D eigenvalue weighted by Crippen LogP contribution is 2.53. The van der Waals surface area contributed by atoms with E-state index in [1.165, 1.54) is 0 Å². The van der Waals surface area contributed by atoms with Crippen molar-refractivity contribution in [3.8, 4) is 0 Å². The minimum Gasteiger partial charge on any atom is -0.222 e. The Kier molecular flexibility index (Phi) is 10.7. The fourth-order valence-electron chi connectivity index (χ4n) is 2.49. The van der Waals surface area contributed by atoms with Crippen LogP contribution >= 0.6 is 103 Å². The van der Waals surface area contributed by atoms with Gasteiger partial charge in [-0.2, -0.15) is 15.5 Å². The molecule has 0 radical (unpaired) electrons. The number of nitrogens with two attached hydrogens (primary N) is 3. The monoisotopic (exact) mass is 884 g/mol. The largest absolute Gasteiger partial charge is 0.543 e. The second kappa shape index (κ2) is 12.7. The summed E-state index contributed by atoms with van der Waals surface area (Å²) in [6.45, 7) is 0. The second-order valence-corrected chi connectivity index (χ2v) is 12.7. The third-order valence-corrected chi connectivity index (χ3v) is 11.3. The predicted octanol–water partition coefficient (Wildman–Crippen LogP) is 7.61. The fourth-order valence-corrected chi connectivity index (χ4v) is 5.87. The first-order valence-electron chi connectivity index (χ1n) is 9.09. The van der Waals surface area contributed by atoms with Crippen molar-refractivity contribution in [1.82, 2.24) is 0 Å². The third-order valence-electron chi connectivity index (χ3n) is 4.07. The van der Waals surface area contributed by atoms with Crippen LogP contribution in [0.2, 0.25) is 0 Å². The number of hydrazine groups is 3. The van der Waals surface area contributed by atoms with Crippen molar-refractivity contribution in [2.24, 2.45) is 17.5 Å². The van der Waals surface area contributed by atoms with E-state index in [9.17, 15) is 4.57 Å². The molecule has 35 heavy (non-hydrogen) atoms. The molecule has 3 aromatic carbocycles. The van der Waals surface area contributed by atoms with E-state index in [2.05, 4.69) is 95.6 Å². The average Bonchev–Trinajstić information content (AvgIpc) is 2.78. The van der Waals surface area contributed by atoms with E-state index in [1.807, 2.05) is 0 Å². The molecule has 17 heteroatoms. The van der Waals surface area contributed by atoms with Gasteiger partial charge in [0.15, 0.2) is 0 Å². The van der Waals surface area contributed by atoms with Gasteiger partial charge in [0.25, 0.3) is 0 Å². The molecule has 188 valence electrons. The van der Waals surface area contributed by atoms with Crippen molar-refractivity contribution in [2.75, 3.05) is 15.5 Å². The van der Waals surface area contributed by atoms with Gasteiger partial charge in [-0.3, -0.25) is 0 Å². The summed E-state index contributed by atoms with van der Waals surface area (Å²) in [6, 6.07) is 15.2. The maximum atomic E-state index is 13.8. The SMILES string of the molecule is NN(OP(=O)(ON(N)c1cccc(Br)c1Br)ON(N)c1cccc(Br)c1Br)c1cccc(Br)c1Br. The number of hydrogen-bond acceptors (Lipinski definition) is 10. The number of hydrogen-bond donors (Lipinski definition) is 3. The van der Waals surface area contributed by atoms with Gasteiger partial charge in [0.2, 0.25) is 0 Å². The highest BCUT2D eigenvalue weighted by Gasteiger charge is 2.38. The minimum atomic E-state index is -4.69. The Bertz CT molecular complexity index is 1120. The van der Waals surface area contributed by atoms with E-state index in [0.29, 0.717) is 59.4 Å². The van der Waals surface area contributed by atoms with Crippen LogP contribution in [0.4, 0.5) is 17.1 Å². The van der Waals surface area contributed by atoms with Gasteiger partial charge in [0.05, 0.1) is 30.5 Å². The Morgan fingerprint density at radius 3 is 1.06 bits per heavy atom. The van der Waals surface area contributed by atoms with Crippen molar-refractivity contribution in [3.05, 3.63) is 81.4 Å². The van der Waals surface area contributed by atoms with Gasteiger partial charge in [-0.05, 0) is 132 Å². The van der Waals surface area contributed by atoms with E-state index >= 15 is 0 Å². The molecular formula is C18H15Br6N6O4P. The molecule has 3 rings (SSSR count). The molecule has 0 amide bonds. The van der Waals surface area contributed by atoms with Crippen molar-refractivity contribution in [2.45, 2.75) is 0 Å². The summed E-state index contributed by atoms with van der Waals surface area (Å²) in [5.41, 5.74) is 0.892. The zero-order chi connectivity index (χ0) is 25.9. The van der Waals surface area contributed by atoms with E-state index < -0.39 is 7.82 Å². The van der Waals surface area contributed by atoms with Crippen LogP contribution in [0, 0.1) is 0 Å². The Balaban J connectivity index is 1.96. The van der Waals surface area contributed by atoms with Crippen molar-refractivity contribution >= 4 is 120 Å². The van der Waals surface area contributed by atoms with Gasteiger partial charge in [0.1, 0.15) is 0 Å². The standard InChI is InChI=1S/C18H15Br6N6O4P/c19-10-4-1-7-13(16(10)22)28(25)32-35(31,33-29(26)14-8-2-5-11(20)17(14)23)34-30(27)15-9-3-6-12(21)18(15)24/h1-9H,25-27H2. The van der Waals surface area contributed by atoms with Gasteiger partial charge in [0, 0.05) is 13.4 Å². The average molecular weight is 890 g/mol. The van der Waals surface area contributed by atoms with E-state index in [-0.39, 0.29) is 0 Å². The minimum absolute atomic E-state index is 0.297. The summed E-state index contributed by atoms with van der Waals surface area (Å²) in [5.74, 6) is 18.2.